The molecule has 0 unspecified atom stereocenters. The minimum atomic E-state index is -3.40. The molecule has 16 heavy (non-hydrogen) atoms. The van der Waals surface area contributed by atoms with E-state index >= 15 is 0 Å². The molecule has 0 aliphatic carbocycles. The first-order chi connectivity index (χ1) is 7.50. The molecular weight excluding hydrogens is 226 g/mol. The van der Waals surface area contributed by atoms with Gasteiger partial charge in [0, 0.05) is 0 Å². The molecule has 0 aliphatic heterocycles. The highest BCUT2D eigenvalue weighted by Gasteiger charge is 2.19. The van der Waals surface area contributed by atoms with Gasteiger partial charge in [-0.3, -0.25) is 0 Å². The number of hydrogen-bond acceptors (Lipinski definition) is 4. The molecule has 0 spiro atoms. The van der Waals surface area contributed by atoms with E-state index < -0.39 is 10.0 Å². The van der Waals surface area contributed by atoms with Gasteiger partial charge in [0.2, 0.25) is 0 Å². The third-order valence-corrected chi connectivity index (χ3v) is 4.01. The fourth-order valence-corrected chi connectivity index (χ4v) is 3.13. The van der Waals surface area contributed by atoms with Crippen LogP contribution in [-0.2, 0) is 10.0 Å². The minimum absolute atomic E-state index is 0.0629. The van der Waals surface area contributed by atoms with E-state index in [9.17, 15) is 8.42 Å². The van der Waals surface area contributed by atoms with Gasteiger partial charge in [0.25, 0.3) is 10.0 Å². The summed E-state index contributed by atoms with van der Waals surface area (Å²) in [5.41, 5.74) is 1.12. The normalized spacial score (nSPS) is 12.4. The summed E-state index contributed by atoms with van der Waals surface area (Å²) in [7, 11) is -3.40. The van der Waals surface area contributed by atoms with E-state index in [1.165, 1.54) is 0 Å². The number of aromatic nitrogens is 3. The molecule has 1 heterocycles. The summed E-state index contributed by atoms with van der Waals surface area (Å²) in [6.07, 6.45) is 0. The van der Waals surface area contributed by atoms with E-state index in [1.54, 1.807) is 24.3 Å². The highest BCUT2D eigenvalue weighted by atomic mass is 32.2. The smallest absolute Gasteiger partial charge is 0.205 e. The van der Waals surface area contributed by atoms with E-state index in [-0.39, 0.29) is 11.7 Å². The van der Waals surface area contributed by atoms with E-state index in [4.69, 9.17) is 0 Å². The lowest BCUT2D eigenvalue weighted by Crippen LogP contribution is -2.21. The molecule has 0 bridgehead atoms. The molecule has 0 radical (unpaired) electrons. The molecule has 6 heteroatoms. The second-order valence-corrected chi connectivity index (χ2v) is 5.94. The lowest BCUT2D eigenvalue weighted by molar-refractivity contribution is 0.566. The molecule has 1 aromatic heterocycles. The Balaban J connectivity index is 2.56. The van der Waals surface area contributed by atoms with Gasteiger partial charge in [-0.25, -0.2) is 8.42 Å². The molecule has 0 saturated heterocycles. The van der Waals surface area contributed by atoms with E-state index in [1.807, 2.05) is 13.8 Å². The largest absolute Gasteiger partial charge is 0.255 e. The summed E-state index contributed by atoms with van der Waals surface area (Å²) in [6, 6.07) is 7.01. The molecule has 0 atom stereocenters. The number of benzene rings is 1. The van der Waals surface area contributed by atoms with Crippen molar-refractivity contribution in [3.8, 4) is 0 Å². The lowest BCUT2D eigenvalue weighted by atomic mass is 10.3. The van der Waals surface area contributed by atoms with Crippen LogP contribution in [0, 0.1) is 5.92 Å². The van der Waals surface area contributed by atoms with Gasteiger partial charge in [-0.15, -0.1) is 9.19 Å². The molecule has 1 aromatic carbocycles. The van der Waals surface area contributed by atoms with Crippen molar-refractivity contribution in [2.75, 3.05) is 5.75 Å². The first-order valence-corrected chi connectivity index (χ1v) is 6.65. The van der Waals surface area contributed by atoms with Crippen molar-refractivity contribution >= 4 is 21.1 Å². The molecule has 0 saturated carbocycles. The molecule has 0 aliphatic rings. The van der Waals surface area contributed by atoms with Crippen LogP contribution in [0.1, 0.15) is 13.8 Å². The Morgan fingerprint density at radius 3 is 2.69 bits per heavy atom. The van der Waals surface area contributed by atoms with Crippen LogP contribution in [0.25, 0.3) is 11.0 Å². The summed E-state index contributed by atoms with van der Waals surface area (Å²) in [5, 5.41) is 7.52. The van der Waals surface area contributed by atoms with Crippen LogP contribution in [-0.4, -0.2) is 28.6 Å². The van der Waals surface area contributed by atoms with Crippen molar-refractivity contribution < 1.29 is 8.42 Å². The maximum Gasteiger partial charge on any atom is 0.255 e. The average Bonchev–Trinajstić information content (AvgIpc) is 2.59. The Kier molecular flexibility index (Phi) is 2.67. The van der Waals surface area contributed by atoms with Crippen molar-refractivity contribution in [2.45, 2.75) is 13.8 Å². The third-order valence-electron chi connectivity index (χ3n) is 2.13. The maximum atomic E-state index is 12.0. The van der Waals surface area contributed by atoms with Crippen LogP contribution in [0.3, 0.4) is 0 Å². The monoisotopic (exact) mass is 239 g/mol. The predicted octanol–water partition coefficient (Wildman–Crippen LogP) is 1.27. The Bertz CT molecular complexity index is 601. The van der Waals surface area contributed by atoms with Crippen LogP contribution in [0.2, 0.25) is 0 Å². The number of fused-ring (bicyclic) bond motifs is 1. The van der Waals surface area contributed by atoms with Crippen LogP contribution < -0.4 is 0 Å². The number of rotatable bonds is 3. The van der Waals surface area contributed by atoms with Crippen molar-refractivity contribution in [3.05, 3.63) is 24.3 Å². The molecule has 86 valence electrons. The van der Waals surface area contributed by atoms with Gasteiger partial charge in [0.15, 0.2) is 0 Å². The van der Waals surface area contributed by atoms with Gasteiger partial charge in [0.1, 0.15) is 11.0 Å². The Labute approximate surface area is 94.1 Å². The quantitative estimate of drug-likeness (QED) is 0.809. The Morgan fingerprint density at radius 1 is 1.31 bits per heavy atom. The summed E-state index contributed by atoms with van der Waals surface area (Å²) < 4.78 is 25.0. The van der Waals surface area contributed by atoms with Gasteiger partial charge in [-0.05, 0) is 18.1 Å². The van der Waals surface area contributed by atoms with Gasteiger partial charge in [-0.1, -0.05) is 31.2 Å². The minimum Gasteiger partial charge on any atom is -0.205 e. The van der Waals surface area contributed by atoms with Crippen LogP contribution >= 0.6 is 0 Å². The summed E-state index contributed by atoms with van der Waals surface area (Å²) in [6.45, 7) is 3.72. The number of nitrogens with zero attached hydrogens (tertiary/aromatic N) is 3. The van der Waals surface area contributed by atoms with Crippen molar-refractivity contribution in [1.29, 1.82) is 0 Å². The molecular formula is C10H13N3O2S. The first-order valence-electron chi connectivity index (χ1n) is 5.04. The van der Waals surface area contributed by atoms with Crippen LogP contribution in [0.4, 0.5) is 0 Å². The number of hydrogen-bond donors (Lipinski definition) is 0. The highest BCUT2D eigenvalue weighted by molar-refractivity contribution is 7.89. The van der Waals surface area contributed by atoms with Gasteiger partial charge >= 0.3 is 0 Å². The standard InChI is InChI=1S/C10H13N3O2S/c1-8(2)7-16(14,15)13-10-6-4-3-5-9(10)11-12-13/h3-6,8H,7H2,1-2H3. The number of para-hydroxylation sites is 1. The first kappa shape index (κ1) is 11.1. The fourth-order valence-electron chi connectivity index (χ4n) is 1.54. The zero-order valence-electron chi connectivity index (χ0n) is 9.16. The molecule has 0 N–H and O–H groups in total. The summed E-state index contributed by atoms with van der Waals surface area (Å²) in [4.78, 5) is 0. The summed E-state index contributed by atoms with van der Waals surface area (Å²) in [5.74, 6) is 0.133. The van der Waals surface area contributed by atoms with Gasteiger partial charge in [-0.2, -0.15) is 0 Å². The maximum absolute atomic E-state index is 12.0. The molecule has 2 rings (SSSR count). The zero-order valence-corrected chi connectivity index (χ0v) is 9.98. The highest BCUT2D eigenvalue weighted by Crippen LogP contribution is 2.13. The van der Waals surface area contributed by atoms with E-state index in [0.29, 0.717) is 11.0 Å². The van der Waals surface area contributed by atoms with E-state index in [2.05, 4.69) is 10.3 Å². The fraction of sp³-hybridized carbons (Fsp3) is 0.400. The zero-order chi connectivity index (χ0) is 11.8. The molecule has 2 aromatic rings. The van der Waals surface area contributed by atoms with Gasteiger partial charge < -0.3 is 0 Å². The third kappa shape index (κ3) is 1.92. The lowest BCUT2D eigenvalue weighted by Gasteiger charge is -2.06. The van der Waals surface area contributed by atoms with Crippen LogP contribution in [0.15, 0.2) is 24.3 Å². The average molecular weight is 239 g/mol. The Hall–Kier alpha value is -1.43. The van der Waals surface area contributed by atoms with Crippen LogP contribution in [0.5, 0.6) is 0 Å². The summed E-state index contributed by atoms with van der Waals surface area (Å²) >= 11 is 0. The predicted molar refractivity (Wildman–Crippen MR) is 61.6 cm³/mol. The molecule has 5 nitrogen and oxygen atoms in total. The van der Waals surface area contributed by atoms with Crippen molar-refractivity contribution in [3.63, 3.8) is 0 Å². The second kappa shape index (κ2) is 3.86. The van der Waals surface area contributed by atoms with Crippen molar-refractivity contribution in [2.24, 2.45) is 5.92 Å². The topological polar surface area (TPSA) is 64.8 Å². The SMILES string of the molecule is CC(C)CS(=O)(=O)n1nnc2ccccc21. The van der Waals surface area contributed by atoms with Gasteiger partial charge in [0.05, 0.1) is 5.75 Å². The van der Waals surface area contributed by atoms with E-state index in [0.717, 1.165) is 4.09 Å². The molecule has 0 fully saturated rings. The second-order valence-electron chi connectivity index (χ2n) is 4.09. The Morgan fingerprint density at radius 2 is 2.00 bits per heavy atom. The molecule has 0 amide bonds. The van der Waals surface area contributed by atoms with Crippen molar-refractivity contribution in [1.82, 2.24) is 14.4 Å².